The zero-order chi connectivity index (χ0) is 24.1. The van der Waals surface area contributed by atoms with E-state index in [9.17, 15) is 14.7 Å². The Hall–Kier alpha value is -4.45. The molecule has 34 heavy (non-hydrogen) atoms. The molecule has 6 nitrogen and oxygen atoms in total. The molecule has 1 aromatic heterocycles. The first-order valence-corrected chi connectivity index (χ1v) is 11.0. The molecule has 4 rings (SSSR count). The van der Waals surface area contributed by atoms with Gasteiger partial charge in [-0.2, -0.15) is 0 Å². The molecular formula is C28H25N3O3. The topological polar surface area (TPSA) is 82.5 Å². The van der Waals surface area contributed by atoms with Crippen molar-refractivity contribution in [2.45, 2.75) is 6.92 Å². The second-order valence-corrected chi connectivity index (χ2v) is 7.88. The Labute approximate surface area is 198 Å². The second kappa shape index (κ2) is 10.0. The SMILES string of the molecule is CCN(C)c1ccccc1-c1ccc(C(=O)O)c(NC(=O)c2cncc(-c3ccccc3)c2)c1. The maximum Gasteiger partial charge on any atom is 0.337 e. The molecule has 3 aromatic carbocycles. The summed E-state index contributed by atoms with van der Waals surface area (Å²) in [4.78, 5) is 31.3. The lowest BCUT2D eigenvalue weighted by Crippen LogP contribution is -2.17. The minimum absolute atomic E-state index is 0.0191. The van der Waals surface area contributed by atoms with Crippen LogP contribution in [0.4, 0.5) is 11.4 Å². The maximum atomic E-state index is 13.1. The average Bonchev–Trinajstić information content (AvgIpc) is 2.88. The number of carboxylic acids is 1. The van der Waals surface area contributed by atoms with E-state index in [0.29, 0.717) is 5.56 Å². The molecule has 2 N–H and O–H groups in total. The van der Waals surface area contributed by atoms with E-state index >= 15 is 0 Å². The molecule has 0 aliphatic carbocycles. The fourth-order valence-corrected chi connectivity index (χ4v) is 3.77. The molecular weight excluding hydrogens is 426 g/mol. The van der Waals surface area contributed by atoms with Gasteiger partial charge in [-0.05, 0) is 42.3 Å². The second-order valence-electron chi connectivity index (χ2n) is 7.88. The lowest BCUT2D eigenvalue weighted by Gasteiger charge is -2.21. The van der Waals surface area contributed by atoms with Crippen LogP contribution < -0.4 is 10.2 Å². The van der Waals surface area contributed by atoms with Crippen LogP contribution in [0.1, 0.15) is 27.6 Å². The fourth-order valence-electron chi connectivity index (χ4n) is 3.77. The summed E-state index contributed by atoms with van der Waals surface area (Å²) >= 11 is 0. The molecule has 0 saturated heterocycles. The molecule has 0 radical (unpaired) electrons. The van der Waals surface area contributed by atoms with Gasteiger partial charge in [-0.3, -0.25) is 9.78 Å². The van der Waals surface area contributed by atoms with Gasteiger partial charge < -0.3 is 15.3 Å². The number of benzene rings is 3. The highest BCUT2D eigenvalue weighted by Gasteiger charge is 2.17. The molecule has 0 atom stereocenters. The first kappa shape index (κ1) is 22.7. The average molecular weight is 452 g/mol. The zero-order valence-corrected chi connectivity index (χ0v) is 19.0. The summed E-state index contributed by atoms with van der Waals surface area (Å²) in [6, 6.07) is 24.3. The summed E-state index contributed by atoms with van der Waals surface area (Å²) in [6.07, 6.45) is 3.16. The van der Waals surface area contributed by atoms with Crippen molar-refractivity contribution in [2.24, 2.45) is 0 Å². The Bertz CT molecular complexity index is 1340. The van der Waals surface area contributed by atoms with Gasteiger partial charge >= 0.3 is 5.97 Å². The summed E-state index contributed by atoms with van der Waals surface area (Å²) in [6.45, 7) is 2.88. The van der Waals surface area contributed by atoms with Crippen molar-refractivity contribution in [3.05, 3.63) is 102 Å². The van der Waals surface area contributed by atoms with Crippen LogP contribution in [-0.4, -0.2) is 35.6 Å². The molecule has 6 heteroatoms. The number of para-hydroxylation sites is 1. The van der Waals surface area contributed by atoms with Gasteiger partial charge in [0.1, 0.15) is 0 Å². The third kappa shape index (κ3) is 4.81. The predicted octanol–water partition coefficient (Wildman–Crippen LogP) is 5.82. The highest BCUT2D eigenvalue weighted by Crippen LogP contribution is 2.33. The smallest absolute Gasteiger partial charge is 0.337 e. The molecule has 4 aromatic rings. The van der Waals surface area contributed by atoms with Crippen molar-refractivity contribution < 1.29 is 14.7 Å². The molecule has 1 amide bonds. The van der Waals surface area contributed by atoms with Crippen LogP contribution in [0.5, 0.6) is 0 Å². The highest BCUT2D eigenvalue weighted by molar-refractivity contribution is 6.08. The Morgan fingerprint density at radius 1 is 0.882 bits per heavy atom. The number of carbonyl (C=O) groups is 2. The molecule has 0 fully saturated rings. The Morgan fingerprint density at radius 2 is 1.62 bits per heavy atom. The van der Waals surface area contributed by atoms with E-state index < -0.39 is 11.9 Å². The first-order chi connectivity index (χ1) is 16.5. The quantitative estimate of drug-likeness (QED) is 0.370. The van der Waals surface area contributed by atoms with Crippen LogP contribution in [0.3, 0.4) is 0 Å². The number of aromatic carboxylic acids is 1. The van der Waals surface area contributed by atoms with Gasteiger partial charge in [-0.15, -0.1) is 0 Å². The standard InChI is InChI=1S/C28H25N3O3/c1-3-31(2)26-12-8-7-11-23(26)20-13-14-24(28(33)34)25(16-20)30-27(32)22-15-21(17-29-18-22)19-9-5-4-6-10-19/h4-18H,3H2,1-2H3,(H,30,32)(H,33,34). The number of hydrogen-bond acceptors (Lipinski definition) is 4. The first-order valence-electron chi connectivity index (χ1n) is 11.0. The van der Waals surface area contributed by atoms with Gasteiger partial charge in [0.25, 0.3) is 5.91 Å². The van der Waals surface area contributed by atoms with Crippen molar-refractivity contribution in [1.82, 2.24) is 4.98 Å². The number of carbonyl (C=O) groups excluding carboxylic acids is 1. The Morgan fingerprint density at radius 3 is 2.35 bits per heavy atom. The fraction of sp³-hybridized carbons (Fsp3) is 0.107. The van der Waals surface area contributed by atoms with Crippen molar-refractivity contribution >= 4 is 23.3 Å². The van der Waals surface area contributed by atoms with Crippen LogP contribution in [-0.2, 0) is 0 Å². The predicted molar refractivity (Wildman–Crippen MR) is 135 cm³/mol. The molecule has 0 aliphatic heterocycles. The van der Waals surface area contributed by atoms with Crippen LogP contribution in [0, 0.1) is 0 Å². The van der Waals surface area contributed by atoms with Gasteiger partial charge in [-0.1, -0.05) is 54.6 Å². The van der Waals surface area contributed by atoms with E-state index in [2.05, 4.69) is 22.1 Å². The van der Waals surface area contributed by atoms with Gasteiger partial charge in [0.15, 0.2) is 0 Å². The number of aromatic nitrogens is 1. The van der Waals surface area contributed by atoms with Gasteiger partial charge in [0.05, 0.1) is 16.8 Å². The number of anilines is 2. The van der Waals surface area contributed by atoms with Crippen molar-refractivity contribution in [2.75, 3.05) is 23.8 Å². The Balaban J connectivity index is 1.70. The van der Waals surface area contributed by atoms with Crippen molar-refractivity contribution in [1.29, 1.82) is 0 Å². The van der Waals surface area contributed by atoms with Crippen LogP contribution in [0.15, 0.2) is 91.3 Å². The molecule has 0 spiro atoms. The third-order valence-electron chi connectivity index (χ3n) is 5.71. The van der Waals surface area contributed by atoms with Crippen molar-refractivity contribution in [3.8, 4) is 22.3 Å². The number of carboxylic acid groups (broad SMARTS) is 1. The van der Waals surface area contributed by atoms with Gasteiger partial charge in [0, 0.05) is 42.8 Å². The van der Waals surface area contributed by atoms with E-state index in [1.54, 1.807) is 24.4 Å². The van der Waals surface area contributed by atoms with Gasteiger partial charge in [0.2, 0.25) is 0 Å². The van der Waals surface area contributed by atoms with Crippen molar-refractivity contribution in [3.63, 3.8) is 0 Å². The normalized spacial score (nSPS) is 10.5. The molecule has 0 aliphatic rings. The summed E-state index contributed by atoms with van der Waals surface area (Å²) in [7, 11) is 2.00. The zero-order valence-electron chi connectivity index (χ0n) is 19.0. The molecule has 1 heterocycles. The van der Waals surface area contributed by atoms with Crippen LogP contribution >= 0.6 is 0 Å². The monoisotopic (exact) mass is 451 g/mol. The maximum absolute atomic E-state index is 13.1. The molecule has 0 bridgehead atoms. The minimum Gasteiger partial charge on any atom is -0.478 e. The van der Waals surface area contributed by atoms with E-state index in [1.165, 1.54) is 12.3 Å². The summed E-state index contributed by atoms with van der Waals surface area (Å²) < 4.78 is 0. The van der Waals surface area contributed by atoms with E-state index in [1.807, 2.05) is 61.6 Å². The number of hydrogen-bond donors (Lipinski definition) is 2. The lowest BCUT2D eigenvalue weighted by atomic mass is 9.99. The number of rotatable bonds is 7. The lowest BCUT2D eigenvalue weighted by molar-refractivity contribution is 0.0698. The molecule has 170 valence electrons. The van der Waals surface area contributed by atoms with E-state index in [0.717, 1.165) is 34.5 Å². The Kier molecular flexibility index (Phi) is 6.69. The number of pyridine rings is 1. The highest BCUT2D eigenvalue weighted by atomic mass is 16.4. The molecule has 0 saturated carbocycles. The summed E-state index contributed by atoms with van der Waals surface area (Å²) in [5.41, 5.74) is 5.12. The third-order valence-corrected chi connectivity index (χ3v) is 5.71. The van der Waals surface area contributed by atoms with Crippen LogP contribution in [0.2, 0.25) is 0 Å². The van der Waals surface area contributed by atoms with Gasteiger partial charge in [-0.25, -0.2) is 4.79 Å². The minimum atomic E-state index is -1.11. The number of amides is 1. The molecule has 0 unspecified atom stereocenters. The largest absolute Gasteiger partial charge is 0.478 e. The number of nitrogens with zero attached hydrogens (tertiary/aromatic N) is 2. The number of nitrogens with one attached hydrogen (secondary N) is 1. The van der Waals surface area contributed by atoms with Crippen LogP contribution in [0.25, 0.3) is 22.3 Å². The summed E-state index contributed by atoms with van der Waals surface area (Å²) in [5.74, 6) is -1.54. The van der Waals surface area contributed by atoms with E-state index in [4.69, 9.17) is 0 Å². The van der Waals surface area contributed by atoms with E-state index in [-0.39, 0.29) is 11.3 Å². The summed E-state index contributed by atoms with van der Waals surface area (Å²) in [5, 5.41) is 12.5.